The van der Waals surface area contributed by atoms with E-state index in [-0.39, 0.29) is 18.0 Å². The first kappa shape index (κ1) is 18.1. The minimum atomic E-state index is -0.313. The molecule has 4 rings (SSSR count). The number of likely N-dealkylation sites (N-methyl/N-ethyl adjacent to an activating group) is 1. The number of carbonyl (C=O) groups is 1. The summed E-state index contributed by atoms with van der Waals surface area (Å²) in [5.41, 5.74) is 1.59. The van der Waals surface area contributed by atoms with Crippen molar-refractivity contribution in [3.05, 3.63) is 58.2 Å². The average molecular weight is 382 g/mol. The fourth-order valence-corrected chi connectivity index (χ4v) is 3.44. The van der Waals surface area contributed by atoms with Gasteiger partial charge in [0, 0.05) is 32.1 Å². The number of nitrogens with zero attached hydrogens (tertiary/aromatic N) is 4. The number of aromatic nitrogens is 3. The van der Waals surface area contributed by atoms with Gasteiger partial charge in [-0.25, -0.2) is 4.68 Å². The van der Waals surface area contributed by atoms with Gasteiger partial charge in [-0.1, -0.05) is 0 Å². The van der Waals surface area contributed by atoms with E-state index in [2.05, 4.69) is 5.10 Å². The lowest BCUT2D eigenvalue weighted by Gasteiger charge is -2.17. The van der Waals surface area contributed by atoms with Crippen molar-refractivity contribution in [3.63, 3.8) is 0 Å². The molecule has 0 bridgehead atoms. The summed E-state index contributed by atoms with van der Waals surface area (Å²) in [6.45, 7) is 4.14. The molecule has 0 fully saturated rings. The van der Waals surface area contributed by atoms with Gasteiger partial charge in [0.15, 0.2) is 5.58 Å². The van der Waals surface area contributed by atoms with E-state index in [1.165, 1.54) is 4.68 Å². The lowest BCUT2D eigenvalue weighted by Crippen LogP contribution is -2.36. The van der Waals surface area contributed by atoms with Gasteiger partial charge in [-0.15, -0.1) is 0 Å². The molecule has 0 aliphatic carbocycles. The summed E-state index contributed by atoms with van der Waals surface area (Å²) in [6.07, 6.45) is 3.18. The second-order valence-corrected chi connectivity index (χ2v) is 6.98. The molecule has 1 amide bonds. The molecule has 0 aromatic carbocycles. The van der Waals surface area contributed by atoms with Gasteiger partial charge in [0.05, 0.1) is 11.8 Å². The van der Waals surface area contributed by atoms with Crippen LogP contribution in [0.3, 0.4) is 0 Å². The zero-order valence-corrected chi connectivity index (χ0v) is 16.1. The molecular formula is C20H22N4O4. The Hall–Kier alpha value is -3.29. The maximum atomic E-state index is 12.8. The van der Waals surface area contributed by atoms with Crippen molar-refractivity contribution < 1.29 is 13.6 Å². The predicted molar refractivity (Wildman–Crippen MR) is 103 cm³/mol. The summed E-state index contributed by atoms with van der Waals surface area (Å²) >= 11 is 0. The molecule has 0 radical (unpaired) electrons. The third-order valence-electron chi connectivity index (χ3n) is 4.86. The van der Waals surface area contributed by atoms with Gasteiger partial charge in [-0.05, 0) is 32.4 Å². The van der Waals surface area contributed by atoms with Crippen LogP contribution in [0.1, 0.15) is 23.8 Å². The summed E-state index contributed by atoms with van der Waals surface area (Å²) in [5.74, 6) is 2.13. The molecule has 4 aromatic heterocycles. The van der Waals surface area contributed by atoms with Crippen LogP contribution >= 0.6 is 0 Å². The second kappa shape index (κ2) is 7.03. The third kappa shape index (κ3) is 3.21. The number of carbonyl (C=O) groups excluding carboxylic acids is 1. The second-order valence-electron chi connectivity index (χ2n) is 6.98. The van der Waals surface area contributed by atoms with Gasteiger partial charge >= 0.3 is 0 Å². The standard InChI is InChI=1S/C20H22N4O4/c1-13-10-16-18(28-13)11-17-20(26)23(21-14(2)24(16)17)12-19(25)22(3)8-4-6-15-7-5-9-27-15/h5,7,9-11H,4,6,8,12H2,1-3H3. The van der Waals surface area contributed by atoms with Crippen LogP contribution in [-0.2, 0) is 17.8 Å². The third-order valence-corrected chi connectivity index (χ3v) is 4.86. The van der Waals surface area contributed by atoms with E-state index in [0.29, 0.717) is 23.5 Å². The summed E-state index contributed by atoms with van der Waals surface area (Å²) in [7, 11) is 1.73. The van der Waals surface area contributed by atoms with E-state index in [9.17, 15) is 9.59 Å². The predicted octanol–water partition coefficient (Wildman–Crippen LogP) is 2.54. The highest BCUT2D eigenvalue weighted by Gasteiger charge is 2.17. The number of amides is 1. The van der Waals surface area contributed by atoms with Crippen LogP contribution in [0.5, 0.6) is 0 Å². The van der Waals surface area contributed by atoms with Crippen molar-refractivity contribution in [1.29, 1.82) is 0 Å². The van der Waals surface area contributed by atoms with Gasteiger partial charge < -0.3 is 13.7 Å². The monoisotopic (exact) mass is 382 g/mol. The van der Waals surface area contributed by atoms with Gasteiger partial charge in [0.2, 0.25) is 5.91 Å². The van der Waals surface area contributed by atoms with Crippen LogP contribution in [0.15, 0.2) is 44.2 Å². The van der Waals surface area contributed by atoms with Crippen LogP contribution in [0, 0.1) is 13.8 Å². The molecule has 8 nitrogen and oxygen atoms in total. The van der Waals surface area contributed by atoms with Crippen molar-refractivity contribution in [3.8, 4) is 0 Å². The van der Waals surface area contributed by atoms with E-state index in [0.717, 1.165) is 29.9 Å². The Morgan fingerprint density at radius 2 is 2.07 bits per heavy atom. The summed E-state index contributed by atoms with van der Waals surface area (Å²) < 4.78 is 13.9. The van der Waals surface area contributed by atoms with E-state index in [1.54, 1.807) is 28.7 Å². The Morgan fingerprint density at radius 1 is 1.25 bits per heavy atom. The van der Waals surface area contributed by atoms with Crippen molar-refractivity contribution >= 4 is 22.5 Å². The van der Waals surface area contributed by atoms with Crippen LogP contribution < -0.4 is 5.56 Å². The molecule has 0 atom stereocenters. The van der Waals surface area contributed by atoms with E-state index in [1.807, 2.05) is 32.0 Å². The minimum Gasteiger partial charge on any atom is -0.469 e. The number of aryl methyl sites for hydroxylation is 3. The van der Waals surface area contributed by atoms with Crippen molar-refractivity contribution in [2.75, 3.05) is 13.6 Å². The van der Waals surface area contributed by atoms with E-state index < -0.39 is 0 Å². The minimum absolute atomic E-state index is 0.0982. The largest absolute Gasteiger partial charge is 0.469 e. The van der Waals surface area contributed by atoms with Crippen LogP contribution in [0.2, 0.25) is 0 Å². The van der Waals surface area contributed by atoms with Crippen molar-refractivity contribution in [2.45, 2.75) is 33.2 Å². The molecule has 146 valence electrons. The van der Waals surface area contributed by atoms with Gasteiger partial charge in [0.25, 0.3) is 5.56 Å². The lowest BCUT2D eigenvalue weighted by atomic mass is 10.2. The fourth-order valence-electron chi connectivity index (χ4n) is 3.44. The normalized spacial score (nSPS) is 11.5. The molecule has 0 aliphatic rings. The summed E-state index contributed by atoms with van der Waals surface area (Å²) in [4.78, 5) is 27.0. The smallest absolute Gasteiger partial charge is 0.291 e. The molecule has 0 N–H and O–H groups in total. The fraction of sp³-hybridized carbons (Fsp3) is 0.350. The molecule has 0 saturated heterocycles. The van der Waals surface area contributed by atoms with E-state index >= 15 is 0 Å². The van der Waals surface area contributed by atoms with E-state index in [4.69, 9.17) is 8.83 Å². The molecule has 8 heteroatoms. The topological polar surface area (TPSA) is 85.9 Å². The lowest BCUT2D eigenvalue weighted by molar-refractivity contribution is -0.130. The average Bonchev–Trinajstić information content (AvgIpc) is 3.35. The molecular weight excluding hydrogens is 360 g/mol. The molecule has 0 unspecified atom stereocenters. The maximum Gasteiger partial charge on any atom is 0.291 e. The van der Waals surface area contributed by atoms with Crippen molar-refractivity contribution in [2.24, 2.45) is 0 Å². The molecule has 0 saturated carbocycles. The summed E-state index contributed by atoms with van der Waals surface area (Å²) in [5, 5.41) is 4.34. The number of hydrogen-bond acceptors (Lipinski definition) is 5. The number of hydrogen-bond donors (Lipinski definition) is 0. The zero-order chi connectivity index (χ0) is 19.8. The SMILES string of the molecule is Cc1cc2c(cc3c(=O)n(CC(=O)N(C)CCCc4ccco4)nc(C)n32)o1. The Morgan fingerprint density at radius 3 is 2.82 bits per heavy atom. The zero-order valence-electron chi connectivity index (χ0n) is 16.1. The van der Waals surface area contributed by atoms with Gasteiger partial charge in [-0.2, -0.15) is 5.10 Å². The van der Waals surface area contributed by atoms with Crippen LogP contribution in [-0.4, -0.2) is 38.6 Å². The van der Waals surface area contributed by atoms with Crippen LogP contribution in [0.25, 0.3) is 16.6 Å². The first-order chi connectivity index (χ1) is 13.4. The van der Waals surface area contributed by atoms with Crippen molar-refractivity contribution in [1.82, 2.24) is 19.1 Å². The van der Waals surface area contributed by atoms with Gasteiger partial charge in [-0.3, -0.25) is 14.0 Å². The van der Waals surface area contributed by atoms with Gasteiger partial charge in [0.1, 0.15) is 29.4 Å². The molecule has 4 heterocycles. The number of rotatable bonds is 6. The molecule has 28 heavy (non-hydrogen) atoms. The Bertz CT molecular complexity index is 1200. The number of furan rings is 2. The number of fused-ring (bicyclic) bond motifs is 3. The molecule has 0 spiro atoms. The Balaban J connectivity index is 1.51. The highest BCUT2D eigenvalue weighted by Crippen LogP contribution is 2.22. The Kier molecular flexibility index (Phi) is 4.54. The highest BCUT2D eigenvalue weighted by atomic mass is 16.3. The molecule has 0 aliphatic heterocycles. The summed E-state index contributed by atoms with van der Waals surface area (Å²) in [6, 6.07) is 7.34. The highest BCUT2D eigenvalue weighted by molar-refractivity contribution is 5.83. The Labute approximate surface area is 160 Å². The first-order valence-corrected chi connectivity index (χ1v) is 9.19. The quantitative estimate of drug-likeness (QED) is 0.512. The maximum absolute atomic E-state index is 12.8. The molecule has 4 aromatic rings. The first-order valence-electron chi connectivity index (χ1n) is 9.19. The van der Waals surface area contributed by atoms with Crippen LogP contribution in [0.4, 0.5) is 0 Å².